The third-order valence-corrected chi connectivity index (χ3v) is 3.29. The van der Waals surface area contributed by atoms with Crippen LogP contribution in [0.5, 0.6) is 17.2 Å². The summed E-state index contributed by atoms with van der Waals surface area (Å²) in [5.41, 5.74) is 0.416. The highest BCUT2D eigenvalue weighted by molar-refractivity contribution is 9.10. The van der Waals surface area contributed by atoms with Crippen LogP contribution >= 0.6 is 15.9 Å². The minimum Gasteiger partial charge on any atom is -0.493 e. The number of hydrogen-bond acceptors (Lipinski definition) is 5. The number of methoxy groups -OCH3 is 1. The molecule has 108 valence electrons. The van der Waals surface area contributed by atoms with Gasteiger partial charge in [0.15, 0.2) is 11.5 Å². The number of ether oxygens (including phenoxy) is 2. The highest BCUT2D eigenvalue weighted by Gasteiger charge is 2.14. The quantitative estimate of drug-likeness (QED) is 0.462. The second kappa shape index (κ2) is 6.36. The van der Waals surface area contributed by atoms with Gasteiger partial charge in [0.2, 0.25) is 0 Å². The minimum absolute atomic E-state index is 0.0884. The molecule has 6 nitrogen and oxygen atoms in total. The Kier molecular flexibility index (Phi) is 4.54. The highest BCUT2D eigenvalue weighted by Crippen LogP contribution is 2.37. The third-order valence-electron chi connectivity index (χ3n) is 2.67. The maximum Gasteiger partial charge on any atom is 0.273 e. The van der Waals surface area contributed by atoms with Gasteiger partial charge < -0.3 is 9.47 Å². The molecule has 0 fully saturated rings. The Morgan fingerprint density at radius 3 is 2.43 bits per heavy atom. The van der Waals surface area contributed by atoms with E-state index in [9.17, 15) is 14.9 Å². The molecular weight excluding hydrogens is 342 g/mol. The van der Waals surface area contributed by atoms with Crippen LogP contribution in [-0.4, -0.2) is 18.3 Å². The van der Waals surface area contributed by atoms with E-state index < -0.39 is 4.92 Å². The average molecular weight is 352 g/mol. The molecule has 0 aromatic heterocycles. The molecule has 0 saturated heterocycles. The van der Waals surface area contributed by atoms with E-state index in [-0.39, 0.29) is 11.4 Å². The van der Waals surface area contributed by atoms with Crippen molar-refractivity contribution < 1.29 is 19.2 Å². The molecule has 0 aliphatic carbocycles. The van der Waals surface area contributed by atoms with Crippen molar-refractivity contribution in [1.29, 1.82) is 0 Å². The molecule has 0 amide bonds. The van der Waals surface area contributed by atoms with E-state index in [2.05, 4.69) is 15.9 Å². The number of aldehydes is 1. The molecule has 2 aromatic carbocycles. The van der Waals surface area contributed by atoms with Crippen molar-refractivity contribution in [3.8, 4) is 17.2 Å². The second-order valence-electron chi connectivity index (χ2n) is 4.00. The highest BCUT2D eigenvalue weighted by atomic mass is 79.9. The topological polar surface area (TPSA) is 78.7 Å². The van der Waals surface area contributed by atoms with Gasteiger partial charge in [-0.05, 0) is 40.2 Å². The first-order chi connectivity index (χ1) is 10.0. The molecule has 2 aromatic rings. The lowest BCUT2D eigenvalue weighted by atomic mass is 10.2. The number of nitro benzene ring substituents is 1. The number of hydrogen-bond donors (Lipinski definition) is 0. The molecule has 0 unspecified atom stereocenters. The average Bonchev–Trinajstić information content (AvgIpc) is 2.49. The molecule has 0 spiro atoms. The lowest BCUT2D eigenvalue weighted by Gasteiger charge is -2.11. The first-order valence-electron chi connectivity index (χ1n) is 5.80. The lowest BCUT2D eigenvalue weighted by Crippen LogP contribution is -1.94. The Balaban J connectivity index is 2.35. The number of carbonyl (C=O) groups excluding carboxylic acids is 1. The number of nitrogens with zero attached hydrogens (tertiary/aromatic N) is 1. The van der Waals surface area contributed by atoms with Crippen LogP contribution in [0, 0.1) is 10.1 Å². The van der Waals surface area contributed by atoms with Crippen LogP contribution in [0.3, 0.4) is 0 Å². The Morgan fingerprint density at radius 2 is 1.86 bits per heavy atom. The van der Waals surface area contributed by atoms with E-state index in [1.165, 1.54) is 25.3 Å². The molecule has 0 bridgehead atoms. The molecule has 7 heteroatoms. The molecule has 0 N–H and O–H groups in total. The number of carbonyl (C=O) groups is 1. The predicted molar refractivity (Wildman–Crippen MR) is 79.3 cm³/mol. The Bertz CT molecular complexity index is 702. The molecule has 0 saturated carbocycles. The number of benzene rings is 2. The third kappa shape index (κ3) is 3.38. The van der Waals surface area contributed by atoms with Gasteiger partial charge >= 0.3 is 0 Å². The summed E-state index contributed by atoms with van der Waals surface area (Å²) in [4.78, 5) is 20.9. The Morgan fingerprint density at radius 1 is 1.14 bits per heavy atom. The van der Waals surface area contributed by atoms with Crippen molar-refractivity contribution in [2.75, 3.05) is 7.11 Å². The van der Waals surface area contributed by atoms with Gasteiger partial charge in [-0.1, -0.05) is 0 Å². The van der Waals surface area contributed by atoms with Gasteiger partial charge in [0.25, 0.3) is 5.69 Å². The van der Waals surface area contributed by atoms with Crippen LogP contribution in [0.4, 0.5) is 5.69 Å². The number of non-ortho nitro benzene ring substituents is 1. The maximum absolute atomic E-state index is 10.7. The van der Waals surface area contributed by atoms with E-state index in [0.29, 0.717) is 21.5 Å². The first-order valence-corrected chi connectivity index (χ1v) is 6.59. The van der Waals surface area contributed by atoms with Gasteiger partial charge in [-0.3, -0.25) is 14.9 Å². The monoisotopic (exact) mass is 351 g/mol. The van der Waals surface area contributed by atoms with Crippen molar-refractivity contribution in [2.24, 2.45) is 0 Å². The van der Waals surface area contributed by atoms with Crippen LogP contribution in [0.1, 0.15) is 10.4 Å². The van der Waals surface area contributed by atoms with Crippen molar-refractivity contribution >= 4 is 27.9 Å². The summed E-state index contributed by atoms with van der Waals surface area (Å²) in [5.74, 6) is 1.05. The van der Waals surface area contributed by atoms with Crippen LogP contribution in [-0.2, 0) is 0 Å². The van der Waals surface area contributed by atoms with Crippen LogP contribution < -0.4 is 9.47 Å². The smallest absolute Gasteiger partial charge is 0.273 e. The fourth-order valence-electron chi connectivity index (χ4n) is 1.65. The molecule has 0 heterocycles. The summed E-state index contributed by atoms with van der Waals surface area (Å²) < 4.78 is 11.3. The number of halogens is 1. The van der Waals surface area contributed by atoms with Gasteiger partial charge in [0, 0.05) is 11.6 Å². The van der Waals surface area contributed by atoms with Gasteiger partial charge in [-0.2, -0.15) is 0 Å². The molecule has 21 heavy (non-hydrogen) atoms. The summed E-state index contributed by atoms with van der Waals surface area (Å²) in [6, 6.07) is 8.89. The van der Waals surface area contributed by atoms with Crippen molar-refractivity contribution in [1.82, 2.24) is 0 Å². The van der Waals surface area contributed by atoms with Crippen LogP contribution in [0.25, 0.3) is 0 Å². The second-order valence-corrected chi connectivity index (χ2v) is 4.86. The Hall–Kier alpha value is -2.41. The summed E-state index contributed by atoms with van der Waals surface area (Å²) in [6.45, 7) is 0. The first kappa shape index (κ1) is 15.0. The molecule has 2 rings (SSSR count). The van der Waals surface area contributed by atoms with E-state index in [1.807, 2.05) is 0 Å². The van der Waals surface area contributed by atoms with Crippen molar-refractivity contribution in [3.63, 3.8) is 0 Å². The lowest BCUT2D eigenvalue weighted by molar-refractivity contribution is -0.384. The fraction of sp³-hybridized carbons (Fsp3) is 0.0714. The summed E-state index contributed by atoms with van der Waals surface area (Å²) in [5, 5.41) is 10.7. The van der Waals surface area contributed by atoms with Crippen LogP contribution in [0.2, 0.25) is 0 Å². The minimum atomic E-state index is -0.513. The zero-order valence-corrected chi connectivity index (χ0v) is 12.5. The SMILES string of the molecule is COc1cc([N+](=O)[O-])ccc1Oc1ccc(C=O)cc1Br. The fourth-order valence-corrected chi connectivity index (χ4v) is 2.12. The predicted octanol–water partition coefficient (Wildman–Crippen LogP) is 3.97. The van der Waals surface area contributed by atoms with Gasteiger partial charge in [0.1, 0.15) is 12.0 Å². The molecule has 0 aliphatic rings. The molecule has 0 radical (unpaired) electrons. The van der Waals surface area contributed by atoms with E-state index in [1.54, 1.807) is 18.2 Å². The largest absolute Gasteiger partial charge is 0.493 e. The van der Waals surface area contributed by atoms with E-state index in [0.717, 1.165) is 6.29 Å². The van der Waals surface area contributed by atoms with Gasteiger partial charge in [-0.15, -0.1) is 0 Å². The van der Waals surface area contributed by atoms with Crippen molar-refractivity contribution in [2.45, 2.75) is 0 Å². The summed E-state index contributed by atoms with van der Waals surface area (Å²) in [6.07, 6.45) is 0.723. The normalized spacial score (nSPS) is 10.0. The zero-order chi connectivity index (χ0) is 15.4. The standard InChI is InChI=1S/C14H10BrNO5/c1-20-14-7-10(16(18)19)3-5-13(14)21-12-4-2-9(8-17)6-11(12)15/h2-8H,1H3. The zero-order valence-electron chi connectivity index (χ0n) is 10.9. The van der Waals surface area contributed by atoms with Gasteiger partial charge in [-0.25, -0.2) is 0 Å². The Labute approximate surface area is 128 Å². The summed E-state index contributed by atoms with van der Waals surface area (Å²) >= 11 is 3.30. The molecule has 0 atom stereocenters. The van der Waals surface area contributed by atoms with E-state index in [4.69, 9.17) is 9.47 Å². The number of nitro groups is 1. The summed E-state index contributed by atoms with van der Waals surface area (Å²) in [7, 11) is 1.40. The van der Waals surface area contributed by atoms with Crippen LogP contribution in [0.15, 0.2) is 40.9 Å². The van der Waals surface area contributed by atoms with Gasteiger partial charge in [0.05, 0.1) is 22.6 Å². The number of rotatable bonds is 5. The van der Waals surface area contributed by atoms with Crippen molar-refractivity contribution in [3.05, 3.63) is 56.5 Å². The molecule has 0 aliphatic heterocycles. The molecular formula is C14H10BrNO5. The van der Waals surface area contributed by atoms with E-state index >= 15 is 0 Å². The maximum atomic E-state index is 10.7.